The summed E-state index contributed by atoms with van der Waals surface area (Å²) in [5.74, 6) is 0. The summed E-state index contributed by atoms with van der Waals surface area (Å²) in [7, 11) is 0. The number of pyridine rings is 1. The third-order valence-corrected chi connectivity index (χ3v) is 2.36. The molecule has 1 aromatic heterocycles. The minimum absolute atomic E-state index is 0.164. The van der Waals surface area contributed by atoms with Gasteiger partial charge in [-0.2, -0.15) is 5.26 Å². The molecule has 1 aromatic carbocycles. The number of H-pyrrole nitrogens is 1. The minimum Gasteiger partial charge on any atom is -0.325 e. The molecule has 0 amide bonds. The predicted octanol–water partition coefficient (Wildman–Crippen LogP) is 2.22. The van der Waals surface area contributed by atoms with Gasteiger partial charge in [0.1, 0.15) is 11.6 Å². The van der Waals surface area contributed by atoms with Crippen LogP contribution in [0.3, 0.4) is 0 Å². The van der Waals surface area contributed by atoms with Gasteiger partial charge in [-0.15, -0.1) is 0 Å². The average Bonchev–Trinajstić information content (AvgIpc) is 2.29. The zero-order valence-corrected chi connectivity index (χ0v) is 8.82. The van der Waals surface area contributed by atoms with E-state index in [4.69, 9.17) is 5.26 Å². The first kappa shape index (κ1) is 10.2. The summed E-state index contributed by atoms with van der Waals surface area (Å²) in [4.78, 5) is 14.2. The van der Waals surface area contributed by atoms with Gasteiger partial charge in [-0.25, -0.2) is 0 Å². The molecule has 0 atom stereocenters. The first-order valence-electron chi connectivity index (χ1n) is 4.92. The van der Waals surface area contributed by atoms with Crippen LogP contribution in [0.2, 0.25) is 0 Å². The largest absolute Gasteiger partial charge is 0.325 e. The molecule has 0 aliphatic rings. The van der Waals surface area contributed by atoms with E-state index in [-0.39, 0.29) is 11.1 Å². The first-order chi connectivity index (χ1) is 7.72. The Hall–Kier alpha value is -2.34. The third kappa shape index (κ3) is 1.73. The quantitative estimate of drug-likeness (QED) is 0.784. The summed E-state index contributed by atoms with van der Waals surface area (Å²) in [6, 6.07) is 13.2. The number of aryl methyl sites for hydroxylation is 1. The molecule has 1 N–H and O–H groups in total. The highest BCUT2D eigenvalue weighted by Crippen LogP contribution is 2.20. The maximum absolute atomic E-state index is 11.6. The fourth-order valence-corrected chi connectivity index (χ4v) is 1.65. The number of aromatic nitrogens is 1. The molecule has 78 valence electrons. The highest BCUT2D eigenvalue weighted by atomic mass is 16.1. The molecule has 0 bridgehead atoms. The van der Waals surface area contributed by atoms with Crippen LogP contribution in [0.5, 0.6) is 0 Å². The molecule has 16 heavy (non-hydrogen) atoms. The zero-order valence-electron chi connectivity index (χ0n) is 8.82. The van der Waals surface area contributed by atoms with E-state index in [0.717, 1.165) is 11.3 Å². The number of hydrogen-bond acceptors (Lipinski definition) is 2. The van der Waals surface area contributed by atoms with Crippen molar-refractivity contribution < 1.29 is 0 Å². The molecule has 0 aliphatic carbocycles. The number of nitrogens with one attached hydrogen (secondary N) is 1. The van der Waals surface area contributed by atoms with Gasteiger partial charge in [0, 0.05) is 11.3 Å². The van der Waals surface area contributed by atoms with E-state index in [1.807, 2.05) is 42.5 Å². The number of nitrogens with zero attached hydrogens (tertiary/aromatic N) is 1. The topological polar surface area (TPSA) is 56.6 Å². The van der Waals surface area contributed by atoms with Gasteiger partial charge < -0.3 is 4.98 Å². The lowest BCUT2D eigenvalue weighted by atomic mass is 10.0. The number of rotatable bonds is 1. The Bertz CT molecular complexity index is 606. The highest BCUT2D eigenvalue weighted by molar-refractivity contribution is 5.70. The van der Waals surface area contributed by atoms with E-state index in [0.29, 0.717) is 5.56 Å². The molecule has 2 rings (SSSR count). The van der Waals surface area contributed by atoms with Crippen LogP contribution < -0.4 is 5.56 Å². The van der Waals surface area contributed by atoms with Crippen molar-refractivity contribution in [1.29, 1.82) is 5.26 Å². The molecule has 0 saturated carbocycles. The first-order valence-corrected chi connectivity index (χ1v) is 4.92. The summed E-state index contributed by atoms with van der Waals surface area (Å²) in [5.41, 5.74) is 2.15. The molecule has 3 heteroatoms. The number of nitriles is 1. The normalized spacial score (nSPS) is 9.75. The van der Waals surface area contributed by atoms with Crippen LogP contribution >= 0.6 is 0 Å². The fraction of sp³-hybridized carbons (Fsp3) is 0.0769. The maximum atomic E-state index is 11.6. The highest BCUT2D eigenvalue weighted by Gasteiger charge is 2.09. The Kier molecular flexibility index (Phi) is 2.57. The summed E-state index contributed by atoms with van der Waals surface area (Å²) >= 11 is 0. The lowest BCUT2D eigenvalue weighted by Crippen LogP contribution is -2.12. The second kappa shape index (κ2) is 4.03. The zero-order chi connectivity index (χ0) is 11.5. The van der Waals surface area contributed by atoms with Crippen molar-refractivity contribution in [2.24, 2.45) is 0 Å². The van der Waals surface area contributed by atoms with Gasteiger partial charge in [-0.1, -0.05) is 30.3 Å². The molecule has 1 heterocycles. The van der Waals surface area contributed by atoms with Crippen molar-refractivity contribution in [1.82, 2.24) is 4.98 Å². The number of benzene rings is 1. The standard InChI is InChI=1S/C13H10N2O/c1-9-7-11(10-5-3-2-4-6-10)12(8-14)13(16)15-9/h2-7H,1H3,(H,15,16). The van der Waals surface area contributed by atoms with Gasteiger partial charge in [0.05, 0.1) is 0 Å². The van der Waals surface area contributed by atoms with Gasteiger partial charge in [-0.3, -0.25) is 4.79 Å². The lowest BCUT2D eigenvalue weighted by Gasteiger charge is -2.04. The SMILES string of the molecule is Cc1cc(-c2ccccc2)c(C#N)c(=O)[nH]1. The Morgan fingerprint density at radius 3 is 2.56 bits per heavy atom. The Morgan fingerprint density at radius 2 is 1.94 bits per heavy atom. The van der Waals surface area contributed by atoms with Crippen molar-refractivity contribution in [3.8, 4) is 17.2 Å². The molecular formula is C13H10N2O. The fourth-order valence-electron chi connectivity index (χ4n) is 1.65. The molecule has 3 nitrogen and oxygen atoms in total. The van der Waals surface area contributed by atoms with Crippen molar-refractivity contribution in [2.75, 3.05) is 0 Å². The summed E-state index contributed by atoms with van der Waals surface area (Å²) in [6.07, 6.45) is 0. The van der Waals surface area contributed by atoms with Crippen LogP contribution in [-0.4, -0.2) is 4.98 Å². The molecule has 2 aromatic rings. The van der Waals surface area contributed by atoms with E-state index in [9.17, 15) is 4.79 Å². The van der Waals surface area contributed by atoms with E-state index in [1.54, 1.807) is 6.92 Å². The van der Waals surface area contributed by atoms with Crippen molar-refractivity contribution in [3.63, 3.8) is 0 Å². The maximum Gasteiger partial charge on any atom is 0.266 e. The van der Waals surface area contributed by atoms with Crippen LogP contribution in [0.4, 0.5) is 0 Å². The van der Waals surface area contributed by atoms with Gasteiger partial charge in [-0.05, 0) is 18.6 Å². The molecule has 0 aliphatic heterocycles. The Morgan fingerprint density at radius 1 is 1.25 bits per heavy atom. The van der Waals surface area contributed by atoms with E-state index >= 15 is 0 Å². The van der Waals surface area contributed by atoms with Crippen molar-refractivity contribution >= 4 is 0 Å². The third-order valence-electron chi connectivity index (χ3n) is 2.36. The van der Waals surface area contributed by atoms with Crippen LogP contribution in [0.15, 0.2) is 41.2 Å². The minimum atomic E-state index is -0.332. The smallest absolute Gasteiger partial charge is 0.266 e. The van der Waals surface area contributed by atoms with Crippen LogP contribution in [-0.2, 0) is 0 Å². The van der Waals surface area contributed by atoms with E-state index in [1.165, 1.54) is 0 Å². The summed E-state index contributed by atoms with van der Waals surface area (Å²) in [6.45, 7) is 1.80. The molecule has 0 radical (unpaired) electrons. The Labute approximate surface area is 93.0 Å². The van der Waals surface area contributed by atoms with Crippen LogP contribution in [0, 0.1) is 18.3 Å². The van der Waals surface area contributed by atoms with Gasteiger partial charge in [0.15, 0.2) is 0 Å². The van der Waals surface area contributed by atoms with Crippen molar-refractivity contribution in [3.05, 3.63) is 58.0 Å². The van der Waals surface area contributed by atoms with Crippen LogP contribution in [0.1, 0.15) is 11.3 Å². The molecule has 0 fully saturated rings. The summed E-state index contributed by atoms with van der Waals surface area (Å²) < 4.78 is 0. The van der Waals surface area contributed by atoms with Crippen molar-refractivity contribution in [2.45, 2.75) is 6.92 Å². The predicted molar refractivity (Wildman–Crippen MR) is 62.0 cm³/mol. The monoisotopic (exact) mass is 210 g/mol. The number of hydrogen-bond donors (Lipinski definition) is 1. The summed E-state index contributed by atoms with van der Waals surface area (Å²) in [5, 5.41) is 8.98. The molecule has 0 spiro atoms. The van der Waals surface area contributed by atoms with Gasteiger partial charge >= 0.3 is 0 Å². The van der Waals surface area contributed by atoms with E-state index < -0.39 is 0 Å². The molecule has 0 saturated heterocycles. The molecular weight excluding hydrogens is 200 g/mol. The molecule has 0 unspecified atom stereocenters. The van der Waals surface area contributed by atoms with Gasteiger partial charge in [0.2, 0.25) is 0 Å². The Balaban J connectivity index is 2.75. The number of aromatic amines is 1. The van der Waals surface area contributed by atoms with Gasteiger partial charge in [0.25, 0.3) is 5.56 Å². The average molecular weight is 210 g/mol. The van der Waals surface area contributed by atoms with Crippen LogP contribution in [0.25, 0.3) is 11.1 Å². The second-order valence-corrected chi connectivity index (χ2v) is 3.55. The van der Waals surface area contributed by atoms with E-state index in [2.05, 4.69) is 4.98 Å². The lowest BCUT2D eigenvalue weighted by molar-refractivity contribution is 1.13. The second-order valence-electron chi connectivity index (χ2n) is 3.55.